The Morgan fingerprint density at radius 3 is 1.12 bits per heavy atom. The van der Waals surface area contributed by atoms with E-state index in [2.05, 4.69) is 83.6 Å². The Bertz CT molecular complexity index is 333. The summed E-state index contributed by atoms with van der Waals surface area (Å²) in [5.74, 6) is 1.47. The van der Waals surface area contributed by atoms with Crippen molar-refractivity contribution in [3.05, 3.63) is 0 Å². The fourth-order valence-corrected chi connectivity index (χ4v) is 3.99. The van der Waals surface area contributed by atoms with Crippen LogP contribution in [0.2, 0.25) is 0 Å². The molecule has 26 heavy (non-hydrogen) atoms. The zero-order valence-corrected chi connectivity index (χ0v) is 19.8. The zero-order valence-electron chi connectivity index (χ0n) is 19.8. The third-order valence-electron chi connectivity index (χ3n) is 5.03. The van der Waals surface area contributed by atoms with Gasteiger partial charge in [-0.05, 0) is 68.2 Å². The highest BCUT2D eigenvalue weighted by Crippen LogP contribution is 2.17. The fourth-order valence-electron chi connectivity index (χ4n) is 3.99. The molecule has 0 atom stereocenters. The average molecular weight is 369 g/mol. The Kier molecular flexibility index (Phi) is 13.1. The van der Waals surface area contributed by atoms with Crippen LogP contribution in [0.25, 0.3) is 0 Å². The Balaban J connectivity index is 6.16. The van der Waals surface area contributed by atoms with E-state index in [0.717, 1.165) is 0 Å². The summed E-state index contributed by atoms with van der Waals surface area (Å²) in [6.07, 6.45) is 7.80. The maximum Gasteiger partial charge on any atom is 0.351 e. The molecule has 0 spiro atoms. The van der Waals surface area contributed by atoms with E-state index < -0.39 is 0 Å². The van der Waals surface area contributed by atoms with Crippen molar-refractivity contribution in [3.63, 3.8) is 0 Å². The SMILES string of the molecule is CCCCC[N+](CCCCC)=C(N(C(C)C)C(C)C)N(C(C)C)C(C)C. The van der Waals surface area contributed by atoms with Crippen LogP contribution in [0, 0.1) is 0 Å². The second-order valence-corrected chi connectivity index (χ2v) is 8.89. The minimum atomic E-state index is 0.504. The third kappa shape index (κ3) is 8.31. The topological polar surface area (TPSA) is 9.49 Å². The molecule has 0 heterocycles. The summed E-state index contributed by atoms with van der Waals surface area (Å²) in [5.41, 5.74) is 0. The van der Waals surface area contributed by atoms with Crippen molar-refractivity contribution in [2.75, 3.05) is 13.1 Å². The average Bonchev–Trinajstić information content (AvgIpc) is 2.51. The summed E-state index contributed by atoms with van der Waals surface area (Å²) in [7, 11) is 0. The first-order valence-corrected chi connectivity index (χ1v) is 11.4. The Morgan fingerprint density at radius 1 is 0.577 bits per heavy atom. The van der Waals surface area contributed by atoms with Gasteiger partial charge in [0.25, 0.3) is 0 Å². The lowest BCUT2D eigenvalue weighted by Gasteiger charge is -2.38. The van der Waals surface area contributed by atoms with E-state index in [1.165, 1.54) is 57.6 Å². The van der Waals surface area contributed by atoms with E-state index in [-0.39, 0.29) is 0 Å². The molecular formula is C23H50N3+. The molecule has 0 amide bonds. The number of nitrogens with zero attached hydrogens (tertiary/aromatic N) is 3. The van der Waals surface area contributed by atoms with Crippen molar-refractivity contribution in [1.29, 1.82) is 0 Å². The van der Waals surface area contributed by atoms with Crippen LogP contribution in [0.4, 0.5) is 0 Å². The van der Waals surface area contributed by atoms with E-state index in [4.69, 9.17) is 0 Å². The Morgan fingerprint density at radius 2 is 0.885 bits per heavy atom. The molecule has 0 aromatic carbocycles. The second-order valence-electron chi connectivity index (χ2n) is 8.89. The van der Waals surface area contributed by atoms with Gasteiger partial charge in [-0.15, -0.1) is 0 Å². The van der Waals surface area contributed by atoms with Gasteiger partial charge < -0.3 is 0 Å². The zero-order chi connectivity index (χ0) is 20.3. The van der Waals surface area contributed by atoms with Crippen molar-refractivity contribution < 1.29 is 4.58 Å². The number of rotatable bonds is 12. The van der Waals surface area contributed by atoms with Crippen molar-refractivity contribution >= 4 is 5.96 Å². The lowest BCUT2D eigenvalue weighted by atomic mass is 10.1. The lowest BCUT2D eigenvalue weighted by Crippen LogP contribution is -2.58. The molecule has 0 aromatic rings. The molecule has 0 aliphatic carbocycles. The highest BCUT2D eigenvalue weighted by Gasteiger charge is 2.36. The Labute approximate surface area is 165 Å². The molecule has 0 saturated heterocycles. The van der Waals surface area contributed by atoms with Gasteiger partial charge in [0.1, 0.15) is 0 Å². The summed E-state index contributed by atoms with van der Waals surface area (Å²) in [5, 5.41) is 0. The molecule has 156 valence electrons. The molecule has 0 aromatic heterocycles. The summed E-state index contributed by atoms with van der Waals surface area (Å²) in [6.45, 7) is 25.7. The molecular weight excluding hydrogens is 318 g/mol. The molecule has 0 saturated carbocycles. The molecule has 0 radical (unpaired) electrons. The predicted molar refractivity (Wildman–Crippen MR) is 118 cm³/mol. The summed E-state index contributed by atoms with van der Waals surface area (Å²) in [4.78, 5) is 5.30. The van der Waals surface area contributed by atoms with Crippen LogP contribution >= 0.6 is 0 Å². The van der Waals surface area contributed by atoms with Crippen LogP contribution in [-0.4, -0.2) is 57.6 Å². The van der Waals surface area contributed by atoms with Gasteiger partial charge in [0.15, 0.2) is 0 Å². The molecule has 0 N–H and O–H groups in total. The van der Waals surface area contributed by atoms with Crippen LogP contribution in [0.1, 0.15) is 108 Å². The van der Waals surface area contributed by atoms with Gasteiger partial charge in [-0.1, -0.05) is 39.5 Å². The predicted octanol–water partition coefficient (Wildman–Crippen LogP) is 5.97. The number of unbranched alkanes of at least 4 members (excludes halogenated alkanes) is 4. The molecule has 3 nitrogen and oxygen atoms in total. The standard InChI is InChI=1S/C23H50N3/c1-11-13-15-17-24(18-16-14-12-2)23(25(19(3)4)20(5)6)26(21(7)8)22(9)10/h19-22H,11-18H2,1-10H3/q+1. The first-order chi connectivity index (χ1) is 12.2. The van der Waals surface area contributed by atoms with Gasteiger partial charge in [-0.2, -0.15) is 0 Å². The van der Waals surface area contributed by atoms with Gasteiger partial charge >= 0.3 is 5.96 Å². The maximum atomic E-state index is 2.71. The first-order valence-electron chi connectivity index (χ1n) is 11.4. The third-order valence-corrected chi connectivity index (χ3v) is 5.03. The van der Waals surface area contributed by atoms with E-state index in [9.17, 15) is 0 Å². The van der Waals surface area contributed by atoms with E-state index in [0.29, 0.717) is 24.2 Å². The molecule has 0 rings (SSSR count). The van der Waals surface area contributed by atoms with Gasteiger partial charge in [0.05, 0.1) is 37.3 Å². The smallest absolute Gasteiger partial charge is 0.265 e. The molecule has 3 heteroatoms. The highest BCUT2D eigenvalue weighted by atomic mass is 15.4. The van der Waals surface area contributed by atoms with Gasteiger partial charge in [-0.25, -0.2) is 0 Å². The number of hydrogen-bond donors (Lipinski definition) is 0. The van der Waals surface area contributed by atoms with Gasteiger partial charge in [-0.3, -0.25) is 14.4 Å². The highest BCUT2D eigenvalue weighted by molar-refractivity contribution is 5.76. The second kappa shape index (κ2) is 13.4. The Hall–Kier alpha value is -0.730. The van der Waals surface area contributed by atoms with Crippen LogP contribution in [0.3, 0.4) is 0 Å². The molecule has 0 bridgehead atoms. The van der Waals surface area contributed by atoms with Crippen LogP contribution in [-0.2, 0) is 0 Å². The summed E-state index contributed by atoms with van der Waals surface area (Å²) in [6, 6.07) is 2.02. The largest absolute Gasteiger partial charge is 0.351 e. The maximum absolute atomic E-state index is 2.71. The minimum Gasteiger partial charge on any atom is -0.265 e. The normalized spacial score (nSPS) is 11.8. The fraction of sp³-hybridized carbons (Fsp3) is 0.957. The first kappa shape index (κ1) is 25.3. The molecule has 0 aliphatic heterocycles. The van der Waals surface area contributed by atoms with E-state index in [1.54, 1.807) is 0 Å². The summed E-state index contributed by atoms with van der Waals surface area (Å²) >= 11 is 0. The van der Waals surface area contributed by atoms with Crippen molar-refractivity contribution in [2.45, 2.75) is 132 Å². The quantitative estimate of drug-likeness (QED) is 0.182. The van der Waals surface area contributed by atoms with Crippen molar-refractivity contribution in [3.8, 4) is 0 Å². The van der Waals surface area contributed by atoms with Crippen LogP contribution in [0.5, 0.6) is 0 Å². The number of hydrogen-bond acceptors (Lipinski definition) is 0. The van der Waals surface area contributed by atoms with Gasteiger partial charge in [0.2, 0.25) is 0 Å². The van der Waals surface area contributed by atoms with Gasteiger partial charge in [0, 0.05) is 0 Å². The molecule has 0 fully saturated rings. The molecule has 0 aliphatic rings. The van der Waals surface area contributed by atoms with Crippen LogP contribution in [0.15, 0.2) is 0 Å². The summed E-state index contributed by atoms with van der Waals surface area (Å²) < 4.78 is 2.71. The van der Waals surface area contributed by atoms with Crippen molar-refractivity contribution in [2.24, 2.45) is 0 Å². The van der Waals surface area contributed by atoms with Crippen LogP contribution < -0.4 is 0 Å². The monoisotopic (exact) mass is 368 g/mol. The van der Waals surface area contributed by atoms with E-state index in [1.807, 2.05) is 0 Å². The lowest BCUT2D eigenvalue weighted by molar-refractivity contribution is -0.540. The number of guanidine groups is 1. The van der Waals surface area contributed by atoms with Crippen molar-refractivity contribution in [1.82, 2.24) is 9.80 Å². The molecule has 0 unspecified atom stereocenters. The van der Waals surface area contributed by atoms with E-state index >= 15 is 0 Å². The minimum absolute atomic E-state index is 0.504.